The summed E-state index contributed by atoms with van der Waals surface area (Å²) in [7, 11) is 1.73. The Morgan fingerprint density at radius 2 is 1.83 bits per heavy atom. The maximum absolute atomic E-state index is 13.5. The van der Waals surface area contributed by atoms with Crippen molar-refractivity contribution in [1.82, 2.24) is 14.8 Å². The van der Waals surface area contributed by atoms with E-state index in [1.165, 1.54) is 0 Å². The lowest BCUT2D eigenvalue weighted by molar-refractivity contribution is 0.0554. The molecule has 2 aliphatic heterocycles. The van der Waals surface area contributed by atoms with Crippen LogP contribution in [0.3, 0.4) is 0 Å². The van der Waals surface area contributed by atoms with Gasteiger partial charge in [0, 0.05) is 31.0 Å². The van der Waals surface area contributed by atoms with E-state index in [0.717, 1.165) is 22.2 Å². The van der Waals surface area contributed by atoms with Crippen LogP contribution in [0.15, 0.2) is 60.7 Å². The van der Waals surface area contributed by atoms with E-state index >= 15 is 0 Å². The topological polar surface area (TPSA) is 62.7 Å². The molecule has 146 valence electrons. The van der Waals surface area contributed by atoms with Gasteiger partial charge in [-0.1, -0.05) is 48.5 Å². The van der Waals surface area contributed by atoms with Crippen molar-refractivity contribution < 1.29 is 14.3 Å². The molecule has 0 unspecified atom stereocenters. The van der Waals surface area contributed by atoms with Crippen LogP contribution >= 0.6 is 0 Å². The van der Waals surface area contributed by atoms with Crippen molar-refractivity contribution in [3.63, 3.8) is 0 Å². The minimum absolute atomic E-state index is 0.0525. The summed E-state index contributed by atoms with van der Waals surface area (Å²) in [5.74, 6) is -0.0525. The number of hydrogen-bond donors (Lipinski definition) is 0. The number of rotatable bonds is 2. The Morgan fingerprint density at radius 3 is 2.59 bits per heavy atom. The van der Waals surface area contributed by atoms with Crippen molar-refractivity contribution in [3.8, 4) is 11.3 Å². The monoisotopic (exact) mass is 387 g/mol. The van der Waals surface area contributed by atoms with Crippen LogP contribution in [-0.4, -0.2) is 59.1 Å². The van der Waals surface area contributed by atoms with Crippen molar-refractivity contribution in [2.75, 3.05) is 26.7 Å². The van der Waals surface area contributed by atoms with Gasteiger partial charge in [0.2, 0.25) is 0 Å². The summed E-state index contributed by atoms with van der Waals surface area (Å²) < 4.78 is 5.60. The molecular formula is C23H21N3O3. The number of aromatic nitrogens is 1. The van der Waals surface area contributed by atoms with Crippen LogP contribution in [0.25, 0.3) is 22.2 Å². The largest absolute Gasteiger partial charge is 0.439 e. The molecule has 6 heteroatoms. The highest BCUT2D eigenvalue weighted by atomic mass is 16.6. The second-order valence-electron chi connectivity index (χ2n) is 7.82. The molecule has 2 amide bonds. The summed E-state index contributed by atoms with van der Waals surface area (Å²) in [5, 5.41) is 0.832. The van der Waals surface area contributed by atoms with Crippen LogP contribution in [-0.2, 0) is 4.74 Å². The summed E-state index contributed by atoms with van der Waals surface area (Å²) in [6.45, 7) is 1.50. The van der Waals surface area contributed by atoms with Crippen molar-refractivity contribution >= 4 is 22.9 Å². The number of carbonyl (C=O) groups is 2. The summed E-state index contributed by atoms with van der Waals surface area (Å²) in [5.41, 5.74) is 2.57. The molecule has 0 N–H and O–H groups in total. The molecular weight excluding hydrogens is 366 g/mol. The molecule has 3 heterocycles. The number of fused-ring (bicyclic) bond motifs is 1. The van der Waals surface area contributed by atoms with E-state index in [1.807, 2.05) is 60.7 Å². The average molecular weight is 387 g/mol. The number of pyridine rings is 1. The van der Waals surface area contributed by atoms with Gasteiger partial charge in [-0.3, -0.25) is 4.79 Å². The van der Waals surface area contributed by atoms with Crippen LogP contribution in [0.2, 0.25) is 0 Å². The second-order valence-corrected chi connectivity index (χ2v) is 7.82. The maximum atomic E-state index is 13.5. The number of likely N-dealkylation sites (N-methyl/N-ethyl adjacent to an activating group) is 1. The van der Waals surface area contributed by atoms with Gasteiger partial charge in [-0.15, -0.1) is 0 Å². The lowest BCUT2D eigenvalue weighted by Gasteiger charge is -2.22. The Morgan fingerprint density at radius 1 is 1.07 bits per heavy atom. The number of benzene rings is 2. The fraction of sp³-hybridized carbons (Fsp3) is 0.261. The number of nitrogens with zero attached hydrogens (tertiary/aromatic N) is 3. The van der Waals surface area contributed by atoms with Crippen LogP contribution < -0.4 is 0 Å². The quantitative estimate of drug-likeness (QED) is 0.674. The van der Waals surface area contributed by atoms with Gasteiger partial charge >= 0.3 is 6.09 Å². The molecule has 2 aromatic carbocycles. The molecule has 1 atom stereocenters. The van der Waals surface area contributed by atoms with E-state index in [2.05, 4.69) is 0 Å². The predicted octanol–water partition coefficient (Wildman–Crippen LogP) is 3.57. The Bertz CT molecular complexity index is 1110. The number of carbonyl (C=O) groups excluding carboxylic acids is 2. The van der Waals surface area contributed by atoms with Crippen LogP contribution in [0.4, 0.5) is 4.79 Å². The van der Waals surface area contributed by atoms with Crippen LogP contribution in [0, 0.1) is 0 Å². The SMILES string of the molecule is CN1C[C@]2(CCN(C(=O)c3cc(-c4ccccc4)nc4ccccc34)C2)OC1=O. The minimum Gasteiger partial charge on any atom is -0.439 e. The summed E-state index contributed by atoms with van der Waals surface area (Å²) >= 11 is 0. The normalized spacial score (nSPS) is 21.2. The second kappa shape index (κ2) is 6.58. The molecule has 2 saturated heterocycles. The number of para-hydroxylation sites is 1. The van der Waals surface area contributed by atoms with E-state index in [0.29, 0.717) is 31.6 Å². The first-order valence-corrected chi connectivity index (χ1v) is 9.73. The molecule has 5 rings (SSSR count). The summed E-state index contributed by atoms with van der Waals surface area (Å²) in [6, 6.07) is 19.4. The zero-order chi connectivity index (χ0) is 20.0. The van der Waals surface area contributed by atoms with Gasteiger partial charge < -0.3 is 14.5 Å². The molecule has 2 aliphatic rings. The molecule has 1 spiro atoms. The Kier molecular flexibility index (Phi) is 4.01. The summed E-state index contributed by atoms with van der Waals surface area (Å²) in [4.78, 5) is 33.5. The van der Waals surface area contributed by atoms with E-state index in [-0.39, 0.29) is 12.0 Å². The highest BCUT2D eigenvalue weighted by molar-refractivity contribution is 6.07. The van der Waals surface area contributed by atoms with E-state index in [9.17, 15) is 9.59 Å². The fourth-order valence-electron chi connectivity index (χ4n) is 4.30. The Hall–Kier alpha value is -3.41. The molecule has 0 bridgehead atoms. The predicted molar refractivity (Wildman–Crippen MR) is 110 cm³/mol. The molecule has 29 heavy (non-hydrogen) atoms. The molecule has 3 aromatic rings. The van der Waals surface area contributed by atoms with Gasteiger partial charge in [0.25, 0.3) is 5.91 Å². The van der Waals surface area contributed by atoms with Crippen molar-refractivity contribution in [2.24, 2.45) is 0 Å². The third-order valence-corrected chi connectivity index (χ3v) is 5.76. The number of amides is 2. The smallest absolute Gasteiger partial charge is 0.410 e. The van der Waals surface area contributed by atoms with Crippen LogP contribution in [0.5, 0.6) is 0 Å². The highest BCUT2D eigenvalue weighted by Crippen LogP contribution is 2.34. The van der Waals surface area contributed by atoms with E-state index in [1.54, 1.807) is 16.8 Å². The van der Waals surface area contributed by atoms with Crippen molar-refractivity contribution in [2.45, 2.75) is 12.0 Å². The van der Waals surface area contributed by atoms with E-state index in [4.69, 9.17) is 9.72 Å². The van der Waals surface area contributed by atoms with Crippen molar-refractivity contribution in [1.29, 1.82) is 0 Å². The Balaban J connectivity index is 1.53. The average Bonchev–Trinajstić information content (AvgIpc) is 3.28. The van der Waals surface area contributed by atoms with Crippen molar-refractivity contribution in [3.05, 3.63) is 66.2 Å². The molecule has 1 aromatic heterocycles. The standard InChI is InChI=1S/C23H21N3O3/c1-25-14-23(29-22(25)28)11-12-26(15-23)21(27)18-13-20(16-7-3-2-4-8-16)24-19-10-6-5-9-17(18)19/h2-10,13H,11-12,14-15H2,1H3/t23-/m0/s1. The third-order valence-electron chi connectivity index (χ3n) is 5.76. The first-order valence-electron chi connectivity index (χ1n) is 9.73. The maximum Gasteiger partial charge on any atom is 0.410 e. The fourth-order valence-corrected chi connectivity index (χ4v) is 4.30. The Labute approximate surface area is 168 Å². The van der Waals surface area contributed by atoms with Gasteiger partial charge in [-0.25, -0.2) is 9.78 Å². The first-order chi connectivity index (χ1) is 14.0. The molecule has 2 fully saturated rings. The van der Waals surface area contributed by atoms with E-state index < -0.39 is 5.60 Å². The molecule has 0 aliphatic carbocycles. The molecule has 0 saturated carbocycles. The van der Waals surface area contributed by atoms with Gasteiger partial charge in [0.05, 0.1) is 29.9 Å². The zero-order valence-electron chi connectivity index (χ0n) is 16.2. The van der Waals surface area contributed by atoms with Gasteiger partial charge in [-0.2, -0.15) is 0 Å². The van der Waals surface area contributed by atoms with Gasteiger partial charge in [0.15, 0.2) is 5.60 Å². The number of likely N-dealkylation sites (tertiary alicyclic amines) is 1. The van der Waals surface area contributed by atoms with Gasteiger partial charge in [0.1, 0.15) is 0 Å². The zero-order valence-corrected chi connectivity index (χ0v) is 16.2. The van der Waals surface area contributed by atoms with Gasteiger partial charge in [-0.05, 0) is 12.1 Å². The van der Waals surface area contributed by atoms with Crippen LogP contribution in [0.1, 0.15) is 16.8 Å². The lowest BCUT2D eigenvalue weighted by Crippen LogP contribution is -2.39. The minimum atomic E-state index is -0.591. The molecule has 0 radical (unpaired) electrons. The first kappa shape index (κ1) is 17.7. The lowest BCUT2D eigenvalue weighted by atomic mass is 10.0. The number of ether oxygens (including phenoxy) is 1. The molecule has 6 nitrogen and oxygen atoms in total. The third kappa shape index (κ3) is 3.01. The number of hydrogen-bond acceptors (Lipinski definition) is 4. The highest BCUT2D eigenvalue weighted by Gasteiger charge is 2.49. The summed E-state index contributed by atoms with van der Waals surface area (Å²) in [6.07, 6.45) is 0.337.